The van der Waals surface area contributed by atoms with Crippen molar-refractivity contribution in [3.63, 3.8) is 0 Å². The van der Waals surface area contributed by atoms with Crippen LogP contribution in [0.4, 0.5) is 5.69 Å². The summed E-state index contributed by atoms with van der Waals surface area (Å²) in [5, 5.41) is 18.1. The Bertz CT molecular complexity index is 1010. The molecule has 1 saturated carbocycles. The van der Waals surface area contributed by atoms with Crippen LogP contribution in [0.25, 0.3) is 11.4 Å². The molecule has 1 aliphatic rings. The number of benzene rings is 2. The first-order valence-electron chi connectivity index (χ1n) is 10.7. The van der Waals surface area contributed by atoms with Gasteiger partial charge < -0.3 is 10.6 Å². The third kappa shape index (κ3) is 5.75. The van der Waals surface area contributed by atoms with Crippen LogP contribution in [0.15, 0.2) is 54.6 Å². The normalized spacial score (nSPS) is 14.2. The number of hydrogen-bond acceptors (Lipinski definition) is 5. The molecule has 1 aliphatic carbocycles. The van der Waals surface area contributed by atoms with Gasteiger partial charge in [-0.15, -0.1) is 10.2 Å². The van der Waals surface area contributed by atoms with Crippen LogP contribution in [0, 0.1) is 5.92 Å². The Balaban J connectivity index is 1.30. The number of rotatable bonds is 7. The van der Waals surface area contributed by atoms with Crippen LogP contribution in [0.1, 0.15) is 37.7 Å². The minimum Gasteiger partial charge on any atom is -0.350 e. The highest BCUT2D eigenvalue weighted by Crippen LogP contribution is 2.25. The average Bonchev–Trinajstić information content (AvgIpc) is 3.28. The first-order valence-corrected chi connectivity index (χ1v) is 10.7. The van der Waals surface area contributed by atoms with Gasteiger partial charge in [-0.2, -0.15) is 4.80 Å². The molecule has 0 radical (unpaired) electrons. The monoisotopic (exact) mass is 418 g/mol. The standard InChI is InChI=1S/C23H26N6O2/c30-21(24-15-17-7-3-1-4-8-17)16-29-27-22(26-28-29)18-11-13-20(14-12-18)25-23(31)19-9-5-2-6-10-19/h1,3-4,7-8,11-14,19H,2,5-6,9-10,15-16H2,(H,24,30)(H,25,31). The molecule has 8 nitrogen and oxygen atoms in total. The van der Waals surface area contributed by atoms with Crippen molar-refractivity contribution in [1.82, 2.24) is 25.5 Å². The van der Waals surface area contributed by atoms with E-state index in [1.54, 1.807) is 0 Å². The summed E-state index contributed by atoms with van der Waals surface area (Å²) >= 11 is 0. The molecule has 3 aromatic rings. The van der Waals surface area contributed by atoms with Gasteiger partial charge in [-0.3, -0.25) is 9.59 Å². The summed E-state index contributed by atoms with van der Waals surface area (Å²) < 4.78 is 0. The van der Waals surface area contributed by atoms with Crippen molar-refractivity contribution in [1.29, 1.82) is 0 Å². The molecule has 1 heterocycles. The predicted molar refractivity (Wildman–Crippen MR) is 117 cm³/mol. The Kier molecular flexibility index (Phi) is 6.66. The van der Waals surface area contributed by atoms with Gasteiger partial charge in [0.15, 0.2) is 0 Å². The summed E-state index contributed by atoms with van der Waals surface area (Å²) in [6, 6.07) is 17.1. The van der Waals surface area contributed by atoms with Gasteiger partial charge in [0, 0.05) is 23.7 Å². The zero-order chi connectivity index (χ0) is 21.5. The van der Waals surface area contributed by atoms with Crippen LogP contribution in [0.2, 0.25) is 0 Å². The maximum atomic E-state index is 12.4. The second kappa shape index (κ2) is 9.97. The van der Waals surface area contributed by atoms with E-state index in [4.69, 9.17) is 0 Å². The van der Waals surface area contributed by atoms with Crippen LogP contribution in [-0.2, 0) is 22.7 Å². The maximum absolute atomic E-state index is 12.4. The Morgan fingerprint density at radius 1 is 0.968 bits per heavy atom. The van der Waals surface area contributed by atoms with Gasteiger partial charge in [0.2, 0.25) is 17.6 Å². The molecule has 0 aliphatic heterocycles. The third-order valence-electron chi connectivity index (χ3n) is 5.46. The quantitative estimate of drug-likeness (QED) is 0.614. The van der Waals surface area contributed by atoms with Gasteiger partial charge in [-0.05, 0) is 47.9 Å². The Morgan fingerprint density at radius 2 is 1.71 bits per heavy atom. The van der Waals surface area contributed by atoms with E-state index < -0.39 is 0 Å². The maximum Gasteiger partial charge on any atom is 0.243 e. The van der Waals surface area contributed by atoms with E-state index in [2.05, 4.69) is 26.0 Å². The Morgan fingerprint density at radius 3 is 2.45 bits per heavy atom. The number of anilines is 1. The lowest BCUT2D eigenvalue weighted by molar-refractivity contribution is -0.122. The molecule has 31 heavy (non-hydrogen) atoms. The molecule has 2 aromatic carbocycles. The van der Waals surface area contributed by atoms with Gasteiger partial charge in [-0.25, -0.2) is 0 Å². The summed E-state index contributed by atoms with van der Waals surface area (Å²) in [5.74, 6) is 0.454. The van der Waals surface area contributed by atoms with Crippen molar-refractivity contribution in [2.45, 2.75) is 45.2 Å². The summed E-state index contributed by atoms with van der Waals surface area (Å²) in [6.45, 7) is 0.449. The molecule has 1 fully saturated rings. The molecular weight excluding hydrogens is 392 g/mol. The van der Waals surface area contributed by atoms with Crippen molar-refractivity contribution in [2.75, 3.05) is 5.32 Å². The van der Waals surface area contributed by atoms with Crippen LogP contribution in [-0.4, -0.2) is 32.0 Å². The van der Waals surface area contributed by atoms with Crippen molar-refractivity contribution in [2.24, 2.45) is 5.92 Å². The number of nitrogens with zero attached hydrogens (tertiary/aromatic N) is 4. The largest absolute Gasteiger partial charge is 0.350 e. The van der Waals surface area contributed by atoms with Crippen LogP contribution >= 0.6 is 0 Å². The molecule has 0 saturated heterocycles. The fourth-order valence-electron chi connectivity index (χ4n) is 3.72. The molecule has 2 N–H and O–H groups in total. The van der Waals surface area contributed by atoms with Crippen LogP contribution in [0.5, 0.6) is 0 Å². The lowest BCUT2D eigenvalue weighted by atomic mass is 9.88. The molecule has 0 bridgehead atoms. The van der Waals surface area contributed by atoms with Crippen molar-refractivity contribution in [3.8, 4) is 11.4 Å². The van der Waals surface area contributed by atoms with Gasteiger partial charge in [0.1, 0.15) is 6.54 Å². The summed E-state index contributed by atoms with van der Waals surface area (Å²) in [4.78, 5) is 25.8. The van der Waals surface area contributed by atoms with Crippen molar-refractivity contribution in [3.05, 3.63) is 60.2 Å². The van der Waals surface area contributed by atoms with Crippen molar-refractivity contribution >= 4 is 17.5 Å². The topological polar surface area (TPSA) is 102 Å². The molecule has 2 amide bonds. The van der Waals surface area contributed by atoms with Gasteiger partial charge in [0.25, 0.3) is 0 Å². The summed E-state index contributed by atoms with van der Waals surface area (Å²) in [5.41, 5.74) is 2.55. The van der Waals surface area contributed by atoms with Crippen LogP contribution in [0.3, 0.4) is 0 Å². The Labute approximate surface area is 181 Å². The molecule has 8 heteroatoms. The molecule has 0 atom stereocenters. The minimum atomic E-state index is -0.187. The lowest BCUT2D eigenvalue weighted by Crippen LogP contribution is -2.28. The fraction of sp³-hybridized carbons (Fsp3) is 0.348. The predicted octanol–water partition coefficient (Wildman–Crippen LogP) is 3.18. The zero-order valence-electron chi connectivity index (χ0n) is 17.3. The highest BCUT2D eigenvalue weighted by molar-refractivity contribution is 5.92. The van der Waals surface area contributed by atoms with Gasteiger partial charge in [0.05, 0.1) is 0 Å². The number of aromatic nitrogens is 4. The number of amides is 2. The SMILES string of the molecule is O=C(Cn1nnc(-c2ccc(NC(=O)C3CCCCC3)cc2)n1)NCc1ccccc1. The smallest absolute Gasteiger partial charge is 0.243 e. The molecule has 0 spiro atoms. The first-order chi connectivity index (χ1) is 15.2. The molecule has 160 valence electrons. The first kappa shape index (κ1) is 20.7. The lowest BCUT2D eigenvalue weighted by Gasteiger charge is -2.20. The highest BCUT2D eigenvalue weighted by Gasteiger charge is 2.21. The van der Waals surface area contributed by atoms with Gasteiger partial charge >= 0.3 is 0 Å². The number of tetrazole rings is 1. The number of hydrogen-bond donors (Lipinski definition) is 2. The zero-order valence-corrected chi connectivity index (χ0v) is 17.3. The number of nitrogens with one attached hydrogen (secondary N) is 2. The van der Waals surface area contributed by atoms with Crippen LogP contribution < -0.4 is 10.6 Å². The Hall–Kier alpha value is -3.55. The average molecular weight is 419 g/mol. The van der Waals surface area contributed by atoms with Crippen molar-refractivity contribution < 1.29 is 9.59 Å². The third-order valence-corrected chi connectivity index (χ3v) is 5.46. The number of carbonyl (C=O) groups excluding carboxylic acids is 2. The van der Waals surface area contributed by atoms with E-state index in [0.29, 0.717) is 12.4 Å². The van der Waals surface area contributed by atoms with Gasteiger partial charge in [-0.1, -0.05) is 49.6 Å². The summed E-state index contributed by atoms with van der Waals surface area (Å²) in [7, 11) is 0. The van der Waals surface area contributed by atoms with E-state index in [1.165, 1.54) is 11.2 Å². The van der Waals surface area contributed by atoms with E-state index >= 15 is 0 Å². The second-order valence-electron chi connectivity index (χ2n) is 7.81. The molecular formula is C23H26N6O2. The summed E-state index contributed by atoms with van der Waals surface area (Å²) in [6.07, 6.45) is 5.41. The second-order valence-corrected chi connectivity index (χ2v) is 7.81. The minimum absolute atomic E-state index is 0.00460. The fourth-order valence-corrected chi connectivity index (χ4v) is 3.72. The molecule has 0 unspecified atom stereocenters. The van der Waals surface area contributed by atoms with E-state index in [-0.39, 0.29) is 24.3 Å². The molecule has 4 rings (SSSR count). The van der Waals surface area contributed by atoms with E-state index in [0.717, 1.165) is 42.5 Å². The highest BCUT2D eigenvalue weighted by atomic mass is 16.2. The van der Waals surface area contributed by atoms with E-state index in [1.807, 2.05) is 54.6 Å². The van der Waals surface area contributed by atoms with E-state index in [9.17, 15) is 9.59 Å². The number of carbonyl (C=O) groups is 2. The molecule has 1 aromatic heterocycles.